The molecule has 0 aliphatic heterocycles. The lowest BCUT2D eigenvalue weighted by molar-refractivity contribution is -0.115. The van der Waals surface area contributed by atoms with Gasteiger partial charge < -0.3 is 11.1 Å². The fraction of sp³-hybridized carbons (Fsp3) is 0.200. The zero-order chi connectivity index (χ0) is 14.5. The van der Waals surface area contributed by atoms with Gasteiger partial charge >= 0.3 is 0 Å². The summed E-state index contributed by atoms with van der Waals surface area (Å²) >= 11 is 5.79. The Labute approximate surface area is 123 Å². The second-order valence-electron chi connectivity index (χ2n) is 4.46. The highest BCUT2D eigenvalue weighted by Gasteiger charge is 2.09. The summed E-state index contributed by atoms with van der Waals surface area (Å²) in [5.74, 6) is -0.0990. The van der Waals surface area contributed by atoms with Crippen molar-refractivity contribution in [1.82, 2.24) is 4.98 Å². The van der Waals surface area contributed by atoms with Gasteiger partial charge in [0.05, 0.1) is 17.8 Å². The SMILES string of the molecule is Cc1nc(Cl)ccc1NC(=O)Cc1ccccc1CN. The molecule has 0 saturated carbocycles. The molecule has 2 rings (SSSR count). The van der Waals surface area contributed by atoms with Crippen LogP contribution in [0.2, 0.25) is 5.15 Å². The average molecular weight is 290 g/mol. The quantitative estimate of drug-likeness (QED) is 0.850. The van der Waals surface area contributed by atoms with Crippen LogP contribution in [0.4, 0.5) is 5.69 Å². The summed E-state index contributed by atoms with van der Waals surface area (Å²) in [7, 11) is 0. The normalized spacial score (nSPS) is 10.3. The number of halogens is 1. The zero-order valence-corrected chi connectivity index (χ0v) is 11.9. The number of aryl methyl sites for hydroxylation is 1. The molecule has 0 aliphatic carbocycles. The number of hydrogen-bond donors (Lipinski definition) is 2. The third-order valence-electron chi connectivity index (χ3n) is 3.02. The summed E-state index contributed by atoms with van der Waals surface area (Å²) < 4.78 is 0. The van der Waals surface area contributed by atoms with Gasteiger partial charge in [-0.2, -0.15) is 0 Å². The third kappa shape index (κ3) is 3.56. The standard InChI is InChI=1S/C15H16ClN3O/c1-10-13(6-7-14(16)18-10)19-15(20)8-11-4-2-3-5-12(11)9-17/h2-7H,8-9,17H2,1H3,(H,19,20). The first-order chi connectivity index (χ1) is 9.60. The molecule has 2 aromatic rings. The third-order valence-corrected chi connectivity index (χ3v) is 3.23. The van der Waals surface area contributed by atoms with Gasteiger partial charge in [0, 0.05) is 6.54 Å². The van der Waals surface area contributed by atoms with E-state index in [-0.39, 0.29) is 12.3 Å². The van der Waals surface area contributed by atoms with Gasteiger partial charge in [-0.1, -0.05) is 35.9 Å². The van der Waals surface area contributed by atoms with E-state index in [1.165, 1.54) is 0 Å². The number of pyridine rings is 1. The predicted octanol–water partition coefficient (Wildman–Crippen LogP) is 2.68. The van der Waals surface area contributed by atoms with E-state index < -0.39 is 0 Å². The monoisotopic (exact) mass is 289 g/mol. The molecule has 1 heterocycles. The summed E-state index contributed by atoms with van der Waals surface area (Å²) in [4.78, 5) is 16.2. The molecule has 104 valence electrons. The van der Waals surface area contributed by atoms with Crippen molar-refractivity contribution in [1.29, 1.82) is 0 Å². The van der Waals surface area contributed by atoms with Gasteiger partial charge in [0.25, 0.3) is 0 Å². The Bertz CT molecular complexity index is 628. The first kappa shape index (κ1) is 14.5. The van der Waals surface area contributed by atoms with E-state index in [9.17, 15) is 4.79 Å². The van der Waals surface area contributed by atoms with E-state index in [1.54, 1.807) is 19.1 Å². The summed E-state index contributed by atoms with van der Waals surface area (Å²) in [6, 6.07) is 11.1. The van der Waals surface area contributed by atoms with Gasteiger partial charge in [0.2, 0.25) is 5.91 Å². The maximum Gasteiger partial charge on any atom is 0.228 e. The van der Waals surface area contributed by atoms with Crippen molar-refractivity contribution >= 4 is 23.2 Å². The Kier molecular flexibility index (Phi) is 4.71. The number of nitrogens with zero attached hydrogens (tertiary/aromatic N) is 1. The highest BCUT2D eigenvalue weighted by molar-refractivity contribution is 6.29. The second kappa shape index (κ2) is 6.50. The van der Waals surface area contributed by atoms with Crippen molar-refractivity contribution in [2.24, 2.45) is 5.73 Å². The van der Waals surface area contributed by atoms with Gasteiger partial charge in [0.1, 0.15) is 5.15 Å². The van der Waals surface area contributed by atoms with Crippen molar-refractivity contribution < 1.29 is 4.79 Å². The van der Waals surface area contributed by atoms with Crippen LogP contribution in [0.3, 0.4) is 0 Å². The molecule has 0 bridgehead atoms. The number of anilines is 1. The Hall–Kier alpha value is -1.91. The number of amides is 1. The van der Waals surface area contributed by atoms with Crippen LogP contribution < -0.4 is 11.1 Å². The number of carbonyl (C=O) groups excluding carboxylic acids is 1. The zero-order valence-electron chi connectivity index (χ0n) is 11.2. The first-order valence-corrected chi connectivity index (χ1v) is 6.68. The van der Waals surface area contributed by atoms with E-state index in [4.69, 9.17) is 17.3 Å². The number of hydrogen-bond acceptors (Lipinski definition) is 3. The van der Waals surface area contributed by atoms with Crippen LogP contribution in [-0.2, 0) is 17.8 Å². The highest BCUT2D eigenvalue weighted by atomic mass is 35.5. The number of rotatable bonds is 4. The Morgan fingerprint density at radius 2 is 1.95 bits per heavy atom. The summed E-state index contributed by atoms with van der Waals surface area (Å²) in [6.45, 7) is 2.22. The van der Waals surface area contributed by atoms with Gasteiger partial charge in [-0.15, -0.1) is 0 Å². The molecule has 3 N–H and O–H groups in total. The average Bonchev–Trinajstić information content (AvgIpc) is 2.42. The largest absolute Gasteiger partial charge is 0.326 e. The molecular weight excluding hydrogens is 274 g/mol. The van der Waals surface area contributed by atoms with Crippen molar-refractivity contribution in [2.45, 2.75) is 19.9 Å². The molecule has 0 spiro atoms. The van der Waals surface area contributed by atoms with Crippen LogP contribution in [0.1, 0.15) is 16.8 Å². The lowest BCUT2D eigenvalue weighted by Gasteiger charge is -2.10. The van der Waals surface area contributed by atoms with E-state index >= 15 is 0 Å². The van der Waals surface area contributed by atoms with Gasteiger partial charge in [-0.25, -0.2) is 4.98 Å². The molecule has 0 atom stereocenters. The molecular formula is C15H16ClN3O. The van der Waals surface area contributed by atoms with E-state index in [1.807, 2.05) is 24.3 Å². The minimum Gasteiger partial charge on any atom is -0.326 e. The minimum atomic E-state index is -0.0990. The van der Waals surface area contributed by atoms with Gasteiger partial charge in [-0.05, 0) is 30.2 Å². The van der Waals surface area contributed by atoms with Gasteiger partial charge in [-0.3, -0.25) is 4.79 Å². The van der Waals surface area contributed by atoms with Crippen LogP contribution in [0.15, 0.2) is 36.4 Å². The summed E-state index contributed by atoms with van der Waals surface area (Å²) in [6.07, 6.45) is 0.287. The molecule has 1 aromatic carbocycles. The molecule has 0 unspecified atom stereocenters. The number of aromatic nitrogens is 1. The Morgan fingerprint density at radius 1 is 1.25 bits per heavy atom. The number of nitrogens with two attached hydrogens (primary N) is 1. The predicted molar refractivity (Wildman–Crippen MR) is 80.7 cm³/mol. The molecule has 5 heteroatoms. The van der Waals surface area contributed by atoms with Crippen LogP contribution in [0, 0.1) is 6.92 Å². The second-order valence-corrected chi connectivity index (χ2v) is 4.85. The van der Waals surface area contributed by atoms with E-state index in [0.29, 0.717) is 23.1 Å². The smallest absolute Gasteiger partial charge is 0.228 e. The van der Waals surface area contributed by atoms with E-state index in [0.717, 1.165) is 11.1 Å². The molecule has 1 amide bonds. The van der Waals surface area contributed by atoms with Crippen LogP contribution >= 0.6 is 11.6 Å². The molecule has 0 saturated heterocycles. The van der Waals surface area contributed by atoms with Crippen molar-refractivity contribution in [3.05, 3.63) is 58.4 Å². The highest BCUT2D eigenvalue weighted by Crippen LogP contribution is 2.16. The van der Waals surface area contributed by atoms with Crippen molar-refractivity contribution in [3.8, 4) is 0 Å². The summed E-state index contributed by atoms with van der Waals surface area (Å²) in [5, 5.41) is 3.25. The minimum absolute atomic E-state index is 0.0990. The number of carbonyl (C=O) groups is 1. The van der Waals surface area contributed by atoms with Crippen LogP contribution in [0.25, 0.3) is 0 Å². The first-order valence-electron chi connectivity index (χ1n) is 6.30. The topological polar surface area (TPSA) is 68.0 Å². The van der Waals surface area contributed by atoms with Crippen LogP contribution in [-0.4, -0.2) is 10.9 Å². The lowest BCUT2D eigenvalue weighted by Crippen LogP contribution is -2.17. The molecule has 1 aromatic heterocycles. The van der Waals surface area contributed by atoms with Gasteiger partial charge in [0.15, 0.2) is 0 Å². The molecule has 4 nitrogen and oxygen atoms in total. The molecule has 20 heavy (non-hydrogen) atoms. The number of benzene rings is 1. The van der Waals surface area contributed by atoms with Crippen molar-refractivity contribution in [3.63, 3.8) is 0 Å². The van der Waals surface area contributed by atoms with Crippen LogP contribution in [0.5, 0.6) is 0 Å². The van der Waals surface area contributed by atoms with E-state index in [2.05, 4.69) is 10.3 Å². The molecule has 0 fully saturated rings. The Balaban J connectivity index is 2.09. The van der Waals surface area contributed by atoms with Crippen molar-refractivity contribution in [2.75, 3.05) is 5.32 Å². The fourth-order valence-electron chi connectivity index (χ4n) is 1.96. The molecule has 0 aliphatic rings. The maximum atomic E-state index is 12.1. The lowest BCUT2D eigenvalue weighted by atomic mass is 10.0. The molecule has 0 radical (unpaired) electrons. The fourth-order valence-corrected chi connectivity index (χ4v) is 2.15. The summed E-state index contributed by atoms with van der Waals surface area (Å²) in [5.41, 5.74) is 8.94. The Morgan fingerprint density at radius 3 is 2.60 bits per heavy atom. The maximum absolute atomic E-state index is 12.1. The number of nitrogens with one attached hydrogen (secondary N) is 1.